The molecule has 0 amide bonds. The number of halogens is 2. The van der Waals surface area contributed by atoms with E-state index in [2.05, 4.69) is 0 Å². The first-order valence-electron chi connectivity index (χ1n) is 9.68. The van der Waals surface area contributed by atoms with Gasteiger partial charge in [0.1, 0.15) is 16.5 Å². The highest BCUT2D eigenvalue weighted by atomic mass is 32.2. The molecule has 0 radical (unpaired) electrons. The van der Waals surface area contributed by atoms with Crippen molar-refractivity contribution >= 4 is 33.3 Å². The van der Waals surface area contributed by atoms with Crippen LogP contribution in [0.25, 0.3) is 20.7 Å². The van der Waals surface area contributed by atoms with Crippen molar-refractivity contribution < 1.29 is 8.78 Å². The van der Waals surface area contributed by atoms with Crippen LogP contribution in [0.4, 0.5) is 8.78 Å². The number of rotatable bonds is 5. The van der Waals surface area contributed by atoms with Gasteiger partial charge in [0.05, 0.1) is 16.8 Å². The fourth-order valence-electron chi connectivity index (χ4n) is 3.52. The molecule has 0 fully saturated rings. The largest absolute Gasteiger partial charge is 0.333 e. The van der Waals surface area contributed by atoms with Gasteiger partial charge >= 0.3 is 0 Å². The Hall–Kier alpha value is -2.44. The van der Waals surface area contributed by atoms with Crippen LogP contribution in [0.2, 0.25) is 0 Å². The molecule has 154 valence electrons. The minimum absolute atomic E-state index is 0.00439. The van der Waals surface area contributed by atoms with Gasteiger partial charge in [0.2, 0.25) is 5.43 Å². The maximum atomic E-state index is 14.4. The van der Waals surface area contributed by atoms with Crippen molar-refractivity contribution in [1.29, 1.82) is 0 Å². The van der Waals surface area contributed by atoms with Crippen molar-refractivity contribution in [3.05, 3.63) is 87.7 Å². The number of aryl methyl sites for hydroxylation is 1. The lowest BCUT2D eigenvalue weighted by molar-refractivity contribution is 0.546. The van der Waals surface area contributed by atoms with E-state index in [1.54, 1.807) is 6.20 Å². The highest BCUT2D eigenvalue weighted by Crippen LogP contribution is 2.38. The van der Waals surface area contributed by atoms with Gasteiger partial charge in [-0.3, -0.25) is 4.79 Å². The first kappa shape index (κ1) is 20.8. The molecule has 0 aliphatic rings. The number of hydrogen-bond acceptors (Lipinski definition) is 3. The third-order valence-electron chi connectivity index (χ3n) is 4.90. The van der Waals surface area contributed by atoms with Gasteiger partial charge in [-0.1, -0.05) is 50.2 Å². The molecule has 0 spiro atoms. The Kier molecular flexibility index (Phi) is 5.80. The molecule has 0 bridgehead atoms. The summed E-state index contributed by atoms with van der Waals surface area (Å²) in [5.74, 6) is -1.17. The lowest BCUT2D eigenvalue weighted by Gasteiger charge is -2.13. The number of pyridine rings is 1. The third kappa shape index (κ3) is 3.82. The highest BCUT2D eigenvalue weighted by molar-refractivity contribution is 7.99. The van der Waals surface area contributed by atoms with Gasteiger partial charge in [-0.15, -0.1) is 23.1 Å². The Balaban J connectivity index is 1.98. The molecular formula is C24H21F2NOS2. The minimum Gasteiger partial charge on any atom is -0.333 e. The number of benzene rings is 2. The first-order valence-corrected chi connectivity index (χ1v) is 11.4. The second kappa shape index (κ2) is 8.36. The summed E-state index contributed by atoms with van der Waals surface area (Å²) in [6.45, 7) is 6.01. The van der Waals surface area contributed by atoms with Gasteiger partial charge in [0, 0.05) is 21.9 Å². The van der Waals surface area contributed by atoms with Crippen molar-refractivity contribution in [3.63, 3.8) is 0 Å². The van der Waals surface area contributed by atoms with Gasteiger partial charge in [-0.05, 0) is 30.2 Å². The van der Waals surface area contributed by atoms with E-state index < -0.39 is 11.6 Å². The van der Waals surface area contributed by atoms with E-state index in [0.29, 0.717) is 10.3 Å². The summed E-state index contributed by atoms with van der Waals surface area (Å²) in [6.07, 6.45) is 1.74. The van der Waals surface area contributed by atoms with E-state index in [-0.39, 0.29) is 22.8 Å². The molecule has 4 aromatic rings. The zero-order chi connectivity index (χ0) is 21.4. The molecule has 0 saturated heterocycles. The SMILES string of the molecule is Cc1c(-c2ccccc2)sc2c1c(=O)c(SC(C)C)cn2Cc1c(F)cccc1F. The van der Waals surface area contributed by atoms with E-state index in [0.717, 1.165) is 20.8 Å². The molecule has 2 aromatic carbocycles. The standard InChI is InChI=1S/C24H21F2NOS2/c1-14(2)29-20-13-27(12-17-18(25)10-7-11-19(17)26)24-21(22(20)28)15(3)23(30-24)16-8-5-4-6-9-16/h4-11,13-14H,12H2,1-3H3. The predicted molar refractivity (Wildman–Crippen MR) is 123 cm³/mol. The van der Waals surface area contributed by atoms with Crippen LogP contribution >= 0.6 is 23.1 Å². The summed E-state index contributed by atoms with van der Waals surface area (Å²) in [4.78, 5) is 15.6. The molecule has 0 aliphatic heterocycles. The van der Waals surface area contributed by atoms with Crippen molar-refractivity contribution in [2.75, 3.05) is 0 Å². The molecule has 6 heteroatoms. The van der Waals surface area contributed by atoms with Crippen molar-refractivity contribution in [2.24, 2.45) is 0 Å². The lowest BCUT2D eigenvalue weighted by Crippen LogP contribution is -2.13. The summed E-state index contributed by atoms with van der Waals surface area (Å²) in [5.41, 5.74) is 1.90. The van der Waals surface area contributed by atoms with E-state index in [1.165, 1.54) is 41.3 Å². The summed E-state index contributed by atoms with van der Waals surface area (Å²) in [6, 6.07) is 13.8. The topological polar surface area (TPSA) is 22.0 Å². The van der Waals surface area contributed by atoms with Gasteiger partial charge in [-0.2, -0.15) is 0 Å². The number of nitrogens with zero attached hydrogens (tertiary/aromatic N) is 1. The van der Waals surface area contributed by atoms with Gasteiger partial charge in [0.25, 0.3) is 0 Å². The molecule has 30 heavy (non-hydrogen) atoms. The molecule has 2 heterocycles. The Labute approximate surface area is 182 Å². The molecule has 0 unspecified atom stereocenters. The number of hydrogen-bond donors (Lipinski definition) is 0. The van der Waals surface area contributed by atoms with E-state index >= 15 is 0 Å². The molecule has 0 saturated carbocycles. The molecular weight excluding hydrogens is 420 g/mol. The van der Waals surface area contributed by atoms with Crippen molar-refractivity contribution in [3.8, 4) is 10.4 Å². The average molecular weight is 442 g/mol. The summed E-state index contributed by atoms with van der Waals surface area (Å²) in [5, 5.41) is 0.836. The van der Waals surface area contributed by atoms with Crippen LogP contribution in [-0.2, 0) is 6.54 Å². The molecule has 4 rings (SSSR count). The highest BCUT2D eigenvalue weighted by Gasteiger charge is 2.20. The predicted octanol–water partition coefficient (Wildman–Crippen LogP) is 6.87. The summed E-state index contributed by atoms with van der Waals surface area (Å²) < 4.78 is 30.5. The molecule has 0 aliphatic carbocycles. The van der Waals surface area contributed by atoms with Crippen molar-refractivity contribution in [1.82, 2.24) is 4.57 Å². The number of fused-ring (bicyclic) bond motifs is 1. The van der Waals surface area contributed by atoms with Crippen LogP contribution in [0.15, 0.2) is 64.4 Å². The van der Waals surface area contributed by atoms with Gasteiger partial charge in [0.15, 0.2) is 0 Å². The smallest absolute Gasteiger partial charge is 0.204 e. The third-order valence-corrected chi connectivity index (χ3v) is 7.30. The Morgan fingerprint density at radius 2 is 1.70 bits per heavy atom. The lowest BCUT2D eigenvalue weighted by atomic mass is 10.1. The van der Waals surface area contributed by atoms with Gasteiger partial charge < -0.3 is 4.57 Å². The summed E-state index contributed by atoms with van der Waals surface area (Å²) in [7, 11) is 0. The summed E-state index contributed by atoms with van der Waals surface area (Å²) >= 11 is 2.96. The van der Waals surface area contributed by atoms with Crippen LogP contribution in [-0.4, -0.2) is 9.82 Å². The number of aromatic nitrogens is 1. The van der Waals surface area contributed by atoms with E-state index in [9.17, 15) is 13.6 Å². The van der Waals surface area contributed by atoms with Crippen LogP contribution in [0, 0.1) is 18.6 Å². The maximum absolute atomic E-state index is 14.4. The molecule has 0 N–H and O–H groups in total. The first-order chi connectivity index (χ1) is 14.4. The molecule has 2 nitrogen and oxygen atoms in total. The van der Waals surface area contributed by atoms with Crippen LogP contribution in [0.5, 0.6) is 0 Å². The number of thioether (sulfide) groups is 1. The fraction of sp³-hybridized carbons (Fsp3) is 0.208. The molecule has 0 atom stereocenters. The van der Waals surface area contributed by atoms with Crippen LogP contribution in [0.3, 0.4) is 0 Å². The normalized spacial score (nSPS) is 11.5. The van der Waals surface area contributed by atoms with Gasteiger partial charge in [-0.25, -0.2) is 8.78 Å². The zero-order valence-electron chi connectivity index (χ0n) is 16.9. The Morgan fingerprint density at radius 3 is 2.33 bits per heavy atom. The minimum atomic E-state index is -0.587. The Morgan fingerprint density at radius 1 is 1.03 bits per heavy atom. The molecule has 2 aromatic heterocycles. The zero-order valence-corrected chi connectivity index (χ0v) is 18.5. The van der Waals surface area contributed by atoms with E-state index in [1.807, 2.05) is 55.7 Å². The second-order valence-corrected chi connectivity index (χ2v) is 10.0. The van der Waals surface area contributed by atoms with Crippen LogP contribution in [0.1, 0.15) is 25.0 Å². The van der Waals surface area contributed by atoms with Crippen LogP contribution < -0.4 is 5.43 Å². The second-order valence-electron chi connectivity index (χ2n) is 7.42. The quantitative estimate of drug-likeness (QED) is 0.315. The Bertz CT molecular complexity index is 1260. The van der Waals surface area contributed by atoms with Crippen molar-refractivity contribution in [2.45, 2.75) is 37.5 Å². The number of thiophene rings is 1. The maximum Gasteiger partial charge on any atom is 0.204 e. The fourth-order valence-corrected chi connectivity index (χ4v) is 5.71. The van der Waals surface area contributed by atoms with E-state index in [4.69, 9.17) is 0 Å². The average Bonchev–Trinajstić information content (AvgIpc) is 3.06. The monoisotopic (exact) mass is 441 g/mol.